The average molecular weight is 722 g/mol. The number of thiol groups is 2. The Labute approximate surface area is 267 Å². The van der Waals surface area contributed by atoms with Gasteiger partial charge in [-0.05, 0) is 0 Å². The minimum absolute atomic E-state index is 0.0233. The summed E-state index contributed by atoms with van der Waals surface area (Å²) in [4.78, 5) is 35.1. The summed E-state index contributed by atoms with van der Waals surface area (Å²) in [7, 11) is 1.33. The molecule has 0 aliphatic carbocycles. The van der Waals surface area contributed by atoms with Gasteiger partial charge in [0.15, 0.2) is 41.3 Å². The smallest absolute Gasteiger partial charge is 0.382 e. The number of ether oxygens (including phenoxy) is 3. The molecule has 3 aliphatic rings. The third-order valence-corrected chi connectivity index (χ3v) is 11.1. The molecule has 0 radical (unpaired) electrons. The maximum atomic E-state index is 16.1. The van der Waals surface area contributed by atoms with Crippen LogP contribution < -0.4 is 22.1 Å². The molecule has 4 aromatic rings. The van der Waals surface area contributed by atoms with Crippen LogP contribution in [0.1, 0.15) is 12.5 Å². The van der Waals surface area contributed by atoms with Gasteiger partial charge >= 0.3 is 13.5 Å². The van der Waals surface area contributed by atoms with Crippen molar-refractivity contribution in [1.82, 2.24) is 44.1 Å². The summed E-state index contributed by atoms with van der Waals surface area (Å²) >= 11 is 8.33. The van der Waals surface area contributed by atoms with Crippen LogP contribution >= 0.6 is 38.0 Å². The number of rotatable bonds is 3. The molecule has 20 nitrogen and oxygen atoms in total. The molecule has 46 heavy (non-hydrogen) atoms. The molecule has 25 heteroatoms. The summed E-state index contributed by atoms with van der Waals surface area (Å²) in [6.45, 7) is -9.42. The number of imidazole rings is 2. The van der Waals surface area contributed by atoms with E-state index >= 15 is 4.39 Å². The molecule has 10 atom stereocenters. The minimum atomic E-state index is -4.32. The Morgan fingerprint density at radius 2 is 1.70 bits per heavy atom. The second kappa shape index (κ2) is 11.8. The molecule has 4 aromatic heterocycles. The van der Waals surface area contributed by atoms with Crippen molar-refractivity contribution < 1.29 is 41.3 Å². The summed E-state index contributed by atoms with van der Waals surface area (Å²) in [5.74, 6) is -0.123. The Hall–Kier alpha value is -2.69. The molecule has 0 aromatic carbocycles. The zero-order valence-electron chi connectivity index (χ0n) is 23.4. The topological polar surface area (TPSA) is 261 Å². The highest BCUT2D eigenvalue weighted by Crippen LogP contribution is 2.58. The monoisotopic (exact) mass is 721 g/mol. The van der Waals surface area contributed by atoms with Gasteiger partial charge in [0.25, 0.3) is 5.56 Å². The Morgan fingerprint density at radius 3 is 2.46 bits per heavy atom. The SMILES string of the molecule is COC1C2CO[P@](=O)(S)NC3C(CO[P@@](=O)(S)OC1C(n1cnc4c(=O)[nH]c(N)nc41)O2)OC(n1cnc2c(N)ncnc21)C3F. The number of methoxy groups -OCH3 is 1. The predicted molar refractivity (Wildman–Crippen MR) is 163 cm³/mol. The quantitative estimate of drug-likeness (QED) is 0.126. The third-order valence-electron chi connectivity index (χ3n) is 7.66. The van der Waals surface area contributed by atoms with Crippen LogP contribution in [0.3, 0.4) is 0 Å². The number of H-pyrrole nitrogens is 1. The van der Waals surface area contributed by atoms with Gasteiger partial charge in [0.05, 0.1) is 31.9 Å². The van der Waals surface area contributed by atoms with E-state index < -0.39 is 81.4 Å². The van der Waals surface area contributed by atoms with E-state index in [4.69, 9.17) is 39.2 Å². The number of nitrogens with zero attached hydrogens (tertiary/aromatic N) is 7. The molecular weight excluding hydrogens is 695 g/mol. The van der Waals surface area contributed by atoms with Gasteiger partial charge in [0.2, 0.25) is 5.95 Å². The lowest BCUT2D eigenvalue weighted by Crippen LogP contribution is -2.42. The predicted octanol–water partition coefficient (Wildman–Crippen LogP) is 0.738. The van der Waals surface area contributed by atoms with Crippen molar-refractivity contribution in [3.63, 3.8) is 0 Å². The van der Waals surface area contributed by atoms with Gasteiger partial charge in [-0.3, -0.25) is 32.5 Å². The third kappa shape index (κ3) is 5.62. The minimum Gasteiger partial charge on any atom is -0.382 e. The molecule has 8 unspecified atom stereocenters. The molecule has 3 fully saturated rings. The molecule has 2 bridgehead atoms. The van der Waals surface area contributed by atoms with Crippen molar-refractivity contribution in [3.8, 4) is 0 Å². The fraction of sp³-hybridized carbons (Fsp3) is 0.524. The van der Waals surface area contributed by atoms with E-state index in [1.54, 1.807) is 0 Å². The Morgan fingerprint density at radius 1 is 1.00 bits per heavy atom. The van der Waals surface area contributed by atoms with Crippen molar-refractivity contribution in [1.29, 1.82) is 0 Å². The lowest BCUT2D eigenvalue weighted by molar-refractivity contribution is -0.0501. The molecular formula is C21H26FN11O9P2S2. The van der Waals surface area contributed by atoms with Crippen LogP contribution in [-0.4, -0.2) is 96.0 Å². The van der Waals surface area contributed by atoms with E-state index in [0.717, 1.165) is 0 Å². The lowest BCUT2D eigenvalue weighted by atomic mass is 10.1. The number of nitrogen functional groups attached to an aromatic ring is 2. The van der Waals surface area contributed by atoms with Crippen LogP contribution in [0.2, 0.25) is 0 Å². The number of aromatic nitrogens is 8. The zero-order valence-corrected chi connectivity index (χ0v) is 27.0. The highest BCUT2D eigenvalue weighted by atomic mass is 32.7. The van der Waals surface area contributed by atoms with Crippen molar-refractivity contribution in [3.05, 3.63) is 29.3 Å². The summed E-state index contributed by atoms with van der Waals surface area (Å²) in [6.07, 6.45) is -5.32. The van der Waals surface area contributed by atoms with Crippen LogP contribution in [0, 0.1) is 0 Å². The number of hydrogen-bond donors (Lipinski definition) is 6. The first-order chi connectivity index (χ1) is 21.9. The number of fused-ring (bicyclic) bond motifs is 5. The molecule has 248 valence electrons. The number of anilines is 2. The molecule has 0 spiro atoms. The van der Waals surface area contributed by atoms with Gasteiger partial charge in [0.1, 0.15) is 36.3 Å². The Bertz CT molecular complexity index is 1970. The van der Waals surface area contributed by atoms with Gasteiger partial charge in [-0.1, -0.05) is 24.5 Å². The molecule has 6 N–H and O–H groups in total. The van der Waals surface area contributed by atoms with Gasteiger partial charge in [0, 0.05) is 7.11 Å². The molecule has 7 heterocycles. The number of nitrogens with one attached hydrogen (secondary N) is 2. The summed E-state index contributed by atoms with van der Waals surface area (Å²) in [5.41, 5.74) is 11.4. The molecule has 3 saturated heterocycles. The van der Waals surface area contributed by atoms with Gasteiger partial charge in [-0.25, -0.2) is 34.0 Å². The van der Waals surface area contributed by atoms with Crippen molar-refractivity contribution in [2.24, 2.45) is 0 Å². The maximum absolute atomic E-state index is 16.1. The number of hydrogen-bond acceptors (Lipinski definition) is 16. The molecule has 7 rings (SSSR count). The van der Waals surface area contributed by atoms with Crippen molar-refractivity contribution >= 4 is 72.1 Å². The van der Waals surface area contributed by atoms with E-state index in [1.807, 2.05) is 0 Å². The number of aromatic amines is 1. The first kappa shape index (κ1) is 31.9. The van der Waals surface area contributed by atoms with E-state index in [-0.39, 0.29) is 34.1 Å². The Kier molecular flexibility index (Phi) is 8.16. The van der Waals surface area contributed by atoms with Crippen LogP contribution in [-0.2, 0) is 36.9 Å². The molecule has 0 saturated carbocycles. The van der Waals surface area contributed by atoms with E-state index in [1.165, 1.54) is 35.2 Å². The molecule has 3 aliphatic heterocycles. The van der Waals surface area contributed by atoms with Gasteiger partial charge < -0.3 is 30.2 Å². The highest BCUT2D eigenvalue weighted by molar-refractivity contribution is 8.45. The number of nitrogens with two attached hydrogens (primary N) is 2. The fourth-order valence-corrected chi connectivity index (χ4v) is 8.80. The average Bonchev–Trinajstić information content (AvgIpc) is 3.75. The zero-order chi connectivity index (χ0) is 32.5. The van der Waals surface area contributed by atoms with Crippen LogP contribution in [0.25, 0.3) is 22.3 Å². The lowest BCUT2D eigenvalue weighted by Gasteiger charge is -2.27. The number of halogens is 1. The van der Waals surface area contributed by atoms with Crippen molar-refractivity contribution in [2.45, 2.75) is 49.1 Å². The summed E-state index contributed by atoms with van der Waals surface area (Å²) in [6, 6.07) is -1.37. The van der Waals surface area contributed by atoms with Crippen LogP contribution in [0.15, 0.2) is 23.8 Å². The summed E-state index contributed by atoms with van der Waals surface area (Å²) in [5, 5.41) is 2.59. The first-order valence-corrected chi connectivity index (χ1v) is 18.9. The summed E-state index contributed by atoms with van der Waals surface area (Å²) < 4.78 is 80.9. The molecule has 0 amide bonds. The second-order valence-corrected chi connectivity index (χ2v) is 16.5. The highest BCUT2D eigenvalue weighted by Gasteiger charge is 2.53. The largest absolute Gasteiger partial charge is 0.386 e. The second-order valence-electron chi connectivity index (χ2n) is 10.4. The normalized spacial score (nSPS) is 37.1. The van der Waals surface area contributed by atoms with E-state index in [2.05, 4.69) is 59.5 Å². The number of alkyl halides is 1. The Balaban J connectivity index is 1.22. The fourth-order valence-electron chi connectivity index (χ4n) is 5.64. The standard InChI is InChI=1S/C21H26FN11O9P2S2/c1-37-13-8-3-38-43(35,45)31-10-7(40-19(9(10)22)32-5-27-11-15(23)25-4-26-16(11)32)2-39-44(36,46)42-14(13)20(41-8)33-6-28-12-17(33)29-21(24)30-18(12)34/h4-10,13-14,19-20H,2-3H2,1H3,(H,36,46)(H2,23,25,26)(H2,31,35,45)(H3,24,29,30,34)/t7?,8?,9?,10?,13?,14?,19?,20?,43-,44+/m0/s1. The van der Waals surface area contributed by atoms with Crippen LogP contribution in [0.5, 0.6) is 0 Å². The van der Waals surface area contributed by atoms with Gasteiger partial charge in [-0.2, -0.15) is 4.98 Å². The first-order valence-electron chi connectivity index (χ1n) is 13.4. The maximum Gasteiger partial charge on any atom is 0.386 e. The van der Waals surface area contributed by atoms with E-state index in [0.29, 0.717) is 0 Å². The van der Waals surface area contributed by atoms with Gasteiger partial charge in [-0.15, -0.1) is 0 Å². The van der Waals surface area contributed by atoms with Crippen LogP contribution in [0.4, 0.5) is 16.2 Å². The van der Waals surface area contributed by atoms with Crippen molar-refractivity contribution in [2.75, 3.05) is 31.8 Å². The van der Waals surface area contributed by atoms with E-state index in [9.17, 15) is 13.9 Å².